The summed E-state index contributed by atoms with van der Waals surface area (Å²) >= 11 is 0. The second-order valence-corrected chi connectivity index (χ2v) is 1.85. The van der Waals surface area contributed by atoms with Crippen LogP contribution in [0.2, 0.25) is 0 Å². The lowest BCUT2D eigenvalue weighted by Gasteiger charge is -2.10. The first-order valence-electron chi connectivity index (χ1n) is 2.94. The zero-order chi connectivity index (χ0) is 7.28. The van der Waals surface area contributed by atoms with E-state index < -0.39 is 0 Å². The summed E-state index contributed by atoms with van der Waals surface area (Å²) in [6.07, 6.45) is 1.49. The molecule has 0 aliphatic heterocycles. The van der Waals surface area contributed by atoms with Gasteiger partial charge in [0.2, 0.25) is 5.91 Å². The van der Waals surface area contributed by atoms with E-state index in [-0.39, 0.29) is 5.91 Å². The summed E-state index contributed by atoms with van der Waals surface area (Å²) in [6, 6.07) is 0. The first kappa shape index (κ1) is 8.43. The van der Waals surface area contributed by atoms with Gasteiger partial charge in [-0.1, -0.05) is 13.3 Å². The van der Waals surface area contributed by atoms with E-state index in [4.69, 9.17) is 5.21 Å². The van der Waals surface area contributed by atoms with E-state index >= 15 is 0 Å². The van der Waals surface area contributed by atoms with Crippen LogP contribution in [-0.4, -0.2) is 22.7 Å². The van der Waals surface area contributed by atoms with Crippen LogP contribution in [0.15, 0.2) is 0 Å². The Labute approximate surface area is 55.2 Å². The smallest absolute Gasteiger partial charge is 0.242 e. The van der Waals surface area contributed by atoms with E-state index in [1.54, 1.807) is 0 Å². The lowest BCUT2D eigenvalue weighted by molar-refractivity contribution is -0.162. The van der Waals surface area contributed by atoms with Crippen molar-refractivity contribution in [3.05, 3.63) is 6.92 Å². The van der Waals surface area contributed by atoms with Crippen molar-refractivity contribution in [2.45, 2.75) is 19.8 Å². The molecule has 3 heteroatoms. The maximum Gasteiger partial charge on any atom is 0.242 e. The largest absolute Gasteiger partial charge is 0.286 e. The molecule has 0 rings (SSSR count). The van der Waals surface area contributed by atoms with Crippen molar-refractivity contribution in [2.24, 2.45) is 0 Å². The maximum atomic E-state index is 10.3. The quantitative estimate of drug-likeness (QED) is 0.454. The van der Waals surface area contributed by atoms with Crippen molar-refractivity contribution in [1.29, 1.82) is 0 Å². The second-order valence-electron chi connectivity index (χ2n) is 1.85. The van der Waals surface area contributed by atoms with Gasteiger partial charge in [-0.15, -0.1) is 0 Å². The van der Waals surface area contributed by atoms with Gasteiger partial charge in [0.25, 0.3) is 0 Å². The van der Waals surface area contributed by atoms with Gasteiger partial charge in [0.05, 0.1) is 0 Å². The van der Waals surface area contributed by atoms with Crippen molar-refractivity contribution in [1.82, 2.24) is 5.06 Å². The summed E-state index contributed by atoms with van der Waals surface area (Å²) in [7, 11) is 0. The predicted molar refractivity (Wildman–Crippen MR) is 33.8 cm³/mol. The Morgan fingerprint density at radius 3 is 2.67 bits per heavy atom. The molecule has 0 atom stereocenters. The molecule has 0 aromatic carbocycles. The van der Waals surface area contributed by atoms with Crippen molar-refractivity contribution in [3.63, 3.8) is 0 Å². The number of rotatable bonds is 3. The molecule has 1 radical (unpaired) electrons. The Balaban J connectivity index is 3.27. The molecule has 3 nitrogen and oxygen atoms in total. The third-order valence-corrected chi connectivity index (χ3v) is 0.983. The summed E-state index contributed by atoms with van der Waals surface area (Å²) < 4.78 is 0. The van der Waals surface area contributed by atoms with Gasteiger partial charge >= 0.3 is 0 Å². The predicted octanol–water partition coefficient (Wildman–Crippen LogP) is 0.838. The molecule has 0 heterocycles. The fraction of sp³-hybridized carbons (Fsp3) is 0.667. The lowest BCUT2D eigenvalue weighted by atomic mass is 10.3. The number of nitrogens with zero attached hydrogens (tertiary/aromatic N) is 1. The summed E-state index contributed by atoms with van der Waals surface area (Å²) in [5.41, 5.74) is 0. The summed E-state index contributed by atoms with van der Waals surface area (Å²) in [5, 5.41) is 9.41. The van der Waals surface area contributed by atoms with Crippen molar-refractivity contribution >= 4 is 5.91 Å². The molecule has 53 valence electrons. The third-order valence-electron chi connectivity index (χ3n) is 0.983. The highest BCUT2D eigenvalue weighted by Gasteiger charge is 2.00. The minimum atomic E-state index is -0.316. The molecule has 0 aliphatic carbocycles. The van der Waals surface area contributed by atoms with E-state index in [9.17, 15) is 4.79 Å². The fourth-order valence-electron chi connectivity index (χ4n) is 0.419. The number of carbonyl (C=O) groups is 1. The van der Waals surface area contributed by atoms with Gasteiger partial charge in [0, 0.05) is 13.5 Å². The topological polar surface area (TPSA) is 40.5 Å². The average molecular weight is 130 g/mol. The van der Waals surface area contributed by atoms with Gasteiger partial charge in [-0.25, -0.2) is 5.06 Å². The molecular weight excluding hydrogens is 118 g/mol. The van der Waals surface area contributed by atoms with Crippen LogP contribution in [0.3, 0.4) is 0 Å². The van der Waals surface area contributed by atoms with Crippen LogP contribution in [0.25, 0.3) is 0 Å². The Kier molecular flexibility index (Phi) is 4.05. The molecule has 0 aliphatic rings. The number of hydroxylamine groups is 2. The van der Waals surface area contributed by atoms with Crippen LogP contribution in [0.1, 0.15) is 19.8 Å². The van der Waals surface area contributed by atoms with Gasteiger partial charge in [-0.05, 0) is 6.42 Å². The van der Waals surface area contributed by atoms with Gasteiger partial charge in [-0.2, -0.15) is 0 Å². The number of carbonyl (C=O) groups excluding carboxylic acids is 1. The molecule has 9 heavy (non-hydrogen) atoms. The highest BCUT2D eigenvalue weighted by molar-refractivity contribution is 5.71. The Morgan fingerprint density at radius 1 is 1.78 bits per heavy atom. The van der Waals surface area contributed by atoms with E-state index in [2.05, 4.69) is 6.92 Å². The summed E-state index contributed by atoms with van der Waals surface area (Å²) in [6.45, 7) is 5.28. The van der Waals surface area contributed by atoms with Gasteiger partial charge in [0.1, 0.15) is 0 Å². The van der Waals surface area contributed by atoms with Crippen LogP contribution in [-0.2, 0) is 4.79 Å². The summed E-state index contributed by atoms with van der Waals surface area (Å²) in [5.74, 6) is -0.316. The van der Waals surface area contributed by atoms with Crippen LogP contribution in [0, 0.1) is 6.92 Å². The minimum absolute atomic E-state index is 0.316. The minimum Gasteiger partial charge on any atom is -0.286 e. The molecule has 1 amide bonds. The zero-order valence-corrected chi connectivity index (χ0v) is 5.63. The molecule has 0 fully saturated rings. The molecule has 0 bridgehead atoms. The Bertz CT molecular complexity index is 93.1. The zero-order valence-electron chi connectivity index (χ0n) is 5.63. The Hall–Kier alpha value is -0.570. The van der Waals surface area contributed by atoms with Crippen LogP contribution in [0.5, 0.6) is 0 Å². The maximum absolute atomic E-state index is 10.3. The first-order chi connectivity index (χ1) is 4.18. The molecular formula is C6H12NO2. The monoisotopic (exact) mass is 130 g/mol. The lowest BCUT2D eigenvalue weighted by Crippen LogP contribution is -2.25. The van der Waals surface area contributed by atoms with E-state index in [0.717, 1.165) is 12.8 Å². The molecule has 0 spiro atoms. The molecule has 1 N–H and O–H groups in total. The average Bonchev–Trinajstić information content (AvgIpc) is 1.82. The van der Waals surface area contributed by atoms with E-state index in [0.29, 0.717) is 11.6 Å². The van der Waals surface area contributed by atoms with E-state index in [1.807, 2.05) is 0 Å². The highest BCUT2D eigenvalue weighted by Crippen LogP contribution is 1.89. The second kappa shape index (κ2) is 4.32. The number of amides is 1. The normalized spacial score (nSPS) is 9.22. The van der Waals surface area contributed by atoms with Gasteiger partial charge in [-0.3, -0.25) is 10.0 Å². The molecule has 0 aromatic heterocycles. The number of hydrogen-bond acceptors (Lipinski definition) is 2. The first-order valence-corrected chi connectivity index (χ1v) is 2.94. The van der Waals surface area contributed by atoms with Gasteiger partial charge in [0.15, 0.2) is 0 Å². The van der Waals surface area contributed by atoms with Gasteiger partial charge < -0.3 is 0 Å². The third kappa shape index (κ3) is 3.97. The molecule has 0 saturated carbocycles. The summed E-state index contributed by atoms with van der Waals surface area (Å²) in [4.78, 5) is 10.3. The van der Waals surface area contributed by atoms with Crippen LogP contribution >= 0.6 is 0 Å². The number of hydrogen-bond donors (Lipinski definition) is 1. The molecule has 0 unspecified atom stereocenters. The number of unbranched alkanes of at least 4 members (excludes halogenated alkanes) is 1. The van der Waals surface area contributed by atoms with Crippen LogP contribution < -0.4 is 0 Å². The molecule has 0 saturated heterocycles. The molecule has 0 aromatic rings. The fourth-order valence-corrected chi connectivity index (χ4v) is 0.419. The van der Waals surface area contributed by atoms with Crippen molar-refractivity contribution in [2.75, 3.05) is 6.54 Å². The van der Waals surface area contributed by atoms with Crippen LogP contribution in [0.4, 0.5) is 0 Å². The van der Waals surface area contributed by atoms with E-state index in [1.165, 1.54) is 6.92 Å². The standard InChI is InChI=1S/C6H12NO2/c1-3-4-5-7(9)6(2)8/h9H,1,3-5H2,2H3. The Morgan fingerprint density at radius 2 is 2.33 bits per heavy atom. The highest BCUT2D eigenvalue weighted by atomic mass is 16.5. The SMILES string of the molecule is [CH2]CCCN(O)C(C)=O. The van der Waals surface area contributed by atoms with Crippen molar-refractivity contribution in [3.8, 4) is 0 Å². The van der Waals surface area contributed by atoms with Crippen molar-refractivity contribution < 1.29 is 10.0 Å².